The number of fused-ring (bicyclic) bond motifs is 1. The molecule has 0 aliphatic heterocycles. The first-order chi connectivity index (χ1) is 10.6. The van der Waals surface area contributed by atoms with Gasteiger partial charge in [-0.3, -0.25) is 4.79 Å². The molecule has 1 N–H and O–H groups in total. The molecule has 0 radical (unpaired) electrons. The Morgan fingerprint density at radius 1 is 1.09 bits per heavy atom. The van der Waals surface area contributed by atoms with Crippen molar-refractivity contribution < 1.29 is 9.53 Å². The van der Waals surface area contributed by atoms with Gasteiger partial charge in [0.2, 0.25) is 0 Å². The van der Waals surface area contributed by atoms with Gasteiger partial charge >= 0.3 is 5.97 Å². The number of aromatic amines is 1. The molecule has 0 fully saturated rings. The highest BCUT2D eigenvalue weighted by Gasteiger charge is 2.11. The number of esters is 1. The number of H-pyrrole nitrogens is 1. The number of nitrogens with one attached hydrogen (secondary N) is 1. The Bertz CT molecular complexity index is 902. The van der Waals surface area contributed by atoms with Gasteiger partial charge in [-0.15, -0.1) is 0 Å². The third-order valence-electron chi connectivity index (χ3n) is 3.27. The number of aromatic nitrogens is 1. The van der Waals surface area contributed by atoms with Crippen LogP contribution in [0.2, 0.25) is 0 Å². The standard InChI is InChI=1S/C17H12BrNO3/c18-13-7-3-1-5-11(13)10-22-17(21)15-9-16(20)12-6-2-4-8-14(12)19-15/h1-9H,10H2,(H,19,20). The van der Waals surface area contributed by atoms with Crippen LogP contribution in [0.1, 0.15) is 16.1 Å². The molecule has 5 heteroatoms. The second-order valence-corrected chi connectivity index (χ2v) is 5.61. The van der Waals surface area contributed by atoms with E-state index in [0.717, 1.165) is 10.0 Å². The maximum absolute atomic E-state index is 12.1. The average molecular weight is 358 g/mol. The molecule has 0 aliphatic rings. The Morgan fingerprint density at radius 2 is 1.82 bits per heavy atom. The van der Waals surface area contributed by atoms with Crippen LogP contribution in [0, 0.1) is 0 Å². The summed E-state index contributed by atoms with van der Waals surface area (Å²) in [4.78, 5) is 27.0. The molecule has 0 unspecified atom stereocenters. The Hall–Kier alpha value is -2.40. The van der Waals surface area contributed by atoms with E-state index in [4.69, 9.17) is 4.74 Å². The van der Waals surface area contributed by atoms with Gasteiger partial charge in [-0.1, -0.05) is 46.3 Å². The van der Waals surface area contributed by atoms with Crippen LogP contribution < -0.4 is 5.43 Å². The first kappa shape index (κ1) is 14.5. The van der Waals surface area contributed by atoms with Crippen LogP contribution in [0.5, 0.6) is 0 Å². The van der Waals surface area contributed by atoms with Gasteiger partial charge in [0, 0.05) is 27.0 Å². The molecule has 0 saturated carbocycles. The van der Waals surface area contributed by atoms with Gasteiger partial charge in [-0.05, 0) is 18.2 Å². The van der Waals surface area contributed by atoms with Crippen LogP contribution >= 0.6 is 15.9 Å². The number of rotatable bonds is 3. The third-order valence-corrected chi connectivity index (χ3v) is 4.05. The summed E-state index contributed by atoms with van der Waals surface area (Å²) >= 11 is 3.40. The number of hydrogen-bond acceptors (Lipinski definition) is 3. The van der Waals surface area contributed by atoms with Crippen LogP contribution in [0.3, 0.4) is 0 Å². The number of para-hydroxylation sites is 1. The van der Waals surface area contributed by atoms with E-state index in [-0.39, 0.29) is 17.7 Å². The molecule has 1 aromatic heterocycles. The van der Waals surface area contributed by atoms with Gasteiger partial charge in [0.1, 0.15) is 12.3 Å². The Labute approximate surface area is 134 Å². The molecule has 0 spiro atoms. The van der Waals surface area contributed by atoms with Crippen molar-refractivity contribution >= 4 is 32.8 Å². The highest BCUT2D eigenvalue weighted by atomic mass is 79.9. The Balaban J connectivity index is 1.84. The van der Waals surface area contributed by atoms with Gasteiger partial charge in [0.25, 0.3) is 0 Å². The summed E-state index contributed by atoms with van der Waals surface area (Å²) in [5.41, 5.74) is 1.42. The quantitative estimate of drug-likeness (QED) is 0.727. The minimum Gasteiger partial charge on any atom is -0.456 e. The smallest absolute Gasteiger partial charge is 0.355 e. The van der Waals surface area contributed by atoms with Crippen LogP contribution in [0.15, 0.2) is 63.9 Å². The number of hydrogen-bond donors (Lipinski definition) is 1. The second kappa shape index (κ2) is 6.15. The van der Waals surface area contributed by atoms with Crippen LogP contribution in [-0.4, -0.2) is 11.0 Å². The number of halogens is 1. The van der Waals surface area contributed by atoms with E-state index in [9.17, 15) is 9.59 Å². The van der Waals surface area contributed by atoms with Crippen molar-refractivity contribution in [3.63, 3.8) is 0 Å². The molecule has 0 amide bonds. The van der Waals surface area contributed by atoms with Crippen molar-refractivity contribution in [3.8, 4) is 0 Å². The van der Waals surface area contributed by atoms with E-state index in [0.29, 0.717) is 10.9 Å². The first-order valence-electron chi connectivity index (χ1n) is 6.68. The lowest BCUT2D eigenvalue weighted by atomic mass is 10.2. The molecular weight excluding hydrogens is 346 g/mol. The lowest BCUT2D eigenvalue weighted by Crippen LogP contribution is -2.12. The molecule has 22 heavy (non-hydrogen) atoms. The zero-order chi connectivity index (χ0) is 15.5. The zero-order valence-electron chi connectivity index (χ0n) is 11.5. The van der Waals surface area contributed by atoms with Crippen LogP contribution in [0.25, 0.3) is 10.9 Å². The van der Waals surface area contributed by atoms with Crippen molar-refractivity contribution in [1.82, 2.24) is 4.98 Å². The lowest BCUT2D eigenvalue weighted by Gasteiger charge is -2.07. The van der Waals surface area contributed by atoms with Crippen LogP contribution in [0.4, 0.5) is 0 Å². The van der Waals surface area contributed by atoms with E-state index in [1.807, 2.05) is 24.3 Å². The first-order valence-corrected chi connectivity index (χ1v) is 7.47. The fourth-order valence-corrected chi connectivity index (χ4v) is 2.54. The molecule has 4 nitrogen and oxygen atoms in total. The summed E-state index contributed by atoms with van der Waals surface area (Å²) in [5.74, 6) is -0.557. The highest BCUT2D eigenvalue weighted by Crippen LogP contribution is 2.17. The van der Waals surface area contributed by atoms with E-state index < -0.39 is 5.97 Å². The van der Waals surface area contributed by atoms with Crippen LogP contribution in [-0.2, 0) is 11.3 Å². The SMILES string of the molecule is O=C(OCc1ccccc1Br)c1cc(=O)c2ccccc2[nH]1. The van der Waals surface area contributed by atoms with E-state index in [2.05, 4.69) is 20.9 Å². The largest absolute Gasteiger partial charge is 0.456 e. The number of ether oxygens (including phenoxy) is 1. The van der Waals surface area contributed by atoms with Crippen molar-refractivity contribution in [3.05, 3.63) is 80.6 Å². The molecular formula is C17H12BrNO3. The van der Waals surface area contributed by atoms with Gasteiger partial charge in [-0.25, -0.2) is 4.79 Å². The fraction of sp³-hybridized carbons (Fsp3) is 0.0588. The summed E-state index contributed by atoms with van der Waals surface area (Å²) < 4.78 is 6.13. The number of pyridine rings is 1. The van der Waals surface area contributed by atoms with Crippen molar-refractivity contribution in [1.29, 1.82) is 0 Å². The van der Waals surface area contributed by atoms with Crippen molar-refractivity contribution in [2.75, 3.05) is 0 Å². The Kier molecular flexibility index (Phi) is 4.06. The highest BCUT2D eigenvalue weighted by molar-refractivity contribution is 9.10. The molecule has 3 rings (SSSR count). The topological polar surface area (TPSA) is 59.2 Å². The average Bonchev–Trinajstić information content (AvgIpc) is 2.54. The molecule has 0 atom stereocenters. The predicted molar refractivity (Wildman–Crippen MR) is 87.8 cm³/mol. The monoisotopic (exact) mass is 357 g/mol. The number of benzene rings is 2. The maximum Gasteiger partial charge on any atom is 0.355 e. The van der Waals surface area contributed by atoms with E-state index in [1.165, 1.54) is 6.07 Å². The fourth-order valence-electron chi connectivity index (χ4n) is 2.14. The minimum atomic E-state index is -0.557. The maximum atomic E-state index is 12.1. The zero-order valence-corrected chi connectivity index (χ0v) is 13.1. The van der Waals surface area contributed by atoms with Gasteiger partial charge in [0.15, 0.2) is 5.43 Å². The minimum absolute atomic E-state index is 0.134. The third kappa shape index (κ3) is 2.94. The summed E-state index contributed by atoms with van der Waals surface area (Å²) in [6.45, 7) is 0.134. The number of carbonyl (C=O) groups excluding carboxylic acids is 1. The predicted octanol–water partition coefficient (Wildman–Crippen LogP) is 3.65. The normalized spacial score (nSPS) is 10.6. The summed E-state index contributed by atoms with van der Waals surface area (Å²) in [6, 6.07) is 15.8. The van der Waals surface area contributed by atoms with Crippen molar-refractivity contribution in [2.45, 2.75) is 6.61 Å². The molecule has 2 aromatic carbocycles. The van der Waals surface area contributed by atoms with E-state index >= 15 is 0 Å². The Morgan fingerprint density at radius 3 is 2.64 bits per heavy atom. The summed E-state index contributed by atoms with van der Waals surface area (Å²) in [7, 11) is 0. The van der Waals surface area contributed by atoms with Gasteiger partial charge in [0.05, 0.1) is 0 Å². The molecule has 110 valence electrons. The van der Waals surface area contributed by atoms with Crippen molar-refractivity contribution in [2.24, 2.45) is 0 Å². The molecule has 3 aromatic rings. The second-order valence-electron chi connectivity index (χ2n) is 4.76. The molecule has 0 aliphatic carbocycles. The summed E-state index contributed by atoms with van der Waals surface area (Å²) in [6.07, 6.45) is 0. The van der Waals surface area contributed by atoms with Gasteiger partial charge in [-0.2, -0.15) is 0 Å². The van der Waals surface area contributed by atoms with Gasteiger partial charge < -0.3 is 9.72 Å². The lowest BCUT2D eigenvalue weighted by molar-refractivity contribution is 0.0465. The molecule has 0 saturated heterocycles. The van der Waals surface area contributed by atoms with E-state index in [1.54, 1.807) is 24.3 Å². The number of carbonyl (C=O) groups is 1. The molecule has 0 bridgehead atoms. The molecule has 1 heterocycles. The summed E-state index contributed by atoms with van der Waals surface area (Å²) in [5, 5.41) is 0.546.